The van der Waals surface area contributed by atoms with Crippen LogP contribution in [-0.2, 0) is 9.53 Å². The molecule has 1 aliphatic rings. The quantitative estimate of drug-likeness (QED) is 0.632. The van der Waals surface area contributed by atoms with Crippen molar-refractivity contribution in [3.05, 3.63) is 66.2 Å². The van der Waals surface area contributed by atoms with Crippen LogP contribution < -0.4 is 5.19 Å². The van der Waals surface area contributed by atoms with E-state index in [1.54, 1.807) is 0 Å². The molecule has 1 saturated heterocycles. The van der Waals surface area contributed by atoms with Crippen molar-refractivity contribution in [2.45, 2.75) is 31.7 Å². The highest BCUT2D eigenvalue weighted by Gasteiger charge is 2.51. The molecule has 0 N–H and O–H groups in total. The smallest absolute Gasteiger partial charge is 0.313 e. The molecule has 1 heterocycles. The molecule has 1 fully saturated rings. The highest BCUT2D eigenvalue weighted by atomic mass is 28.3. The molecule has 0 saturated carbocycles. The van der Waals surface area contributed by atoms with Crippen molar-refractivity contribution in [2.24, 2.45) is 5.92 Å². The number of esters is 1. The van der Waals surface area contributed by atoms with Gasteiger partial charge in [-0.25, -0.2) is 0 Å². The van der Waals surface area contributed by atoms with E-state index in [-0.39, 0.29) is 18.0 Å². The average molecular weight is 310 g/mol. The lowest BCUT2D eigenvalue weighted by atomic mass is 9.88. The van der Waals surface area contributed by atoms with Crippen LogP contribution in [0.5, 0.6) is 0 Å². The minimum Gasteiger partial charge on any atom is -0.456 e. The molecule has 0 spiro atoms. The molecule has 2 aromatic carbocycles. The summed E-state index contributed by atoms with van der Waals surface area (Å²) in [6.07, 6.45) is -0.0841. The van der Waals surface area contributed by atoms with Crippen LogP contribution in [0.4, 0.5) is 0 Å². The van der Waals surface area contributed by atoms with Gasteiger partial charge in [0.05, 0.1) is 14.0 Å². The molecule has 2 nitrogen and oxygen atoms in total. The Morgan fingerprint density at radius 2 is 1.50 bits per heavy atom. The molecule has 0 radical (unpaired) electrons. The zero-order valence-corrected chi connectivity index (χ0v) is 14.3. The molecule has 22 heavy (non-hydrogen) atoms. The zero-order valence-electron chi connectivity index (χ0n) is 13.3. The normalized spacial score (nSPS) is 22.6. The predicted molar refractivity (Wildman–Crippen MR) is 91.7 cm³/mol. The van der Waals surface area contributed by atoms with E-state index < -0.39 is 8.07 Å². The molecule has 3 atom stereocenters. The van der Waals surface area contributed by atoms with Gasteiger partial charge in [0.1, 0.15) is 6.10 Å². The van der Waals surface area contributed by atoms with Gasteiger partial charge < -0.3 is 4.74 Å². The van der Waals surface area contributed by atoms with Crippen LogP contribution in [0.25, 0.3) is 0 Å². The number of hydrogen-bond acceptors (Lipinski definition) is 2. The maximum Gasteiger partial charge on any atom is 0.313 e. The number of cyclic esters (lactones) is 1. The Morgan fingerprint density at radius 3 is 2.05 bits per heavy atom. The number of benzene rings is 2. The first-order valence-electron chi connectivity index (χ1n) is 7.83. The predicted octanol–water partition coefficient (Wildman–Crippen LogP) is 3.91. The number of hydrogen-bond donors (Lipinski definition) is 0. The van der Waals surface area contributed by atoms with Crippen LogP contribution in [0, 0.1) is 5.92 Å². The van der Waals surface area contributed by atoms with Crippen LogP contribution in [0.2, 0.25) is 18.6 Å². The van der Waals surface area contributed by atoms with Gasteiger partial charge in [-0.1, -0.05) is 85.9 Å². The van der Waals surface area contributed by atoms with Crippen molar-refractivity contribution in [3.63, 3.8) is 0 Å². The molecule has 0 unspecified atom stereocenters. The second-order valence-corrected chi connectivity index (χ2v) is 11.6. The lowest BCUT2D eigenvalue weighted by Crippen LogP contribution is -2.53. The Morgan fingerprint density at radius 1 is 0.955 bits per heavy atom. The largest absolute Gasteiger partial charge is 0.456 e. The maximum absolute atomic E-state index is 12.1. The summed E-state index contributed by atoms with van der Waals surface area (Å²) in [5.41, 5.74) is 1.44. The van der Waals surface area contributed by atoms with Crippen molar-refractivity contribution in [1.82, 2.24) is 0 Å². The third kappa shape index (κ3) is 2.50. The van der Waals surface area contributed by atoms with Crippen LogP contribution in [0.3, 0.4) is 0 Å². The topological polar surface area (TPSA) is 26.3 Å². The fourth-order valence-electron chi connectivity index (χ4n) is 3.29. The summed E-state index contributed by atoms with van der Waals surface area (Å²) in [5.74, 6) is -0.0675. The molecule has 0 bridgehead atoms. The van der Waals surface area contributed by atoms with Gasteiger partial charge in [0.2, 0.25) is 0 Å². The Bertz CT molecular complexity index is 652. The zero-order chi connectivity index (χ0) is 15.7. The lowest BCUT2D eigenvalue weighted by Gasteiger charge is -2.44. The molecule has 3 rings (SSSR count). The van der Waals surface area contributed by atoms with Crippen LogP contribution in [-0.4, -0.2) is 14.0 Å². The van der Waals surface area contributed by atoms with Gasteiger partial charge in [0.25, 0.3) is 0 Å². The minimum atomic E-state index is -1.73. The molecule has 2 aromatic rings. The Balaban J connectivity index is 1.87. The van der Waals surface area contributed by atoms with E-state index in [4.69, 9.17) is 4.74 Å². The summed E-state index contributed by atoms with van der Waals surface area (Å²) >= 11 is 0. The van der Waals surface area contributed by atoms with Crippen molar-refractivity contribution in [2.75, 3.05) is 0 Å². The van der Waals surface area contributed by atoms with Crippen molar-refractivity contribution in [1.29, 1.82) is 0 Å². The SMILES string of the molecule is C[C@H]([C@@H]1C(=O)O[C@@H]1c1ccccc1)[Si](C)(C)c1ccccc1. The van der Waals surface area contributed by atoms with Crippen LogP contribution in [0.1, 0.15) is 18.6 Å². The van der Waals surface area contributed by atoms with Crippen molar-refractivity contribution in [3.8, 4) is 0 Å². The number of carbonyl (C=O) groups excluding carboxylic acids is 1. The number of ether oxygens (including phenoxy) is 1. The maximum atomic E-state index is 12.1. The van der Waals surface area contributed by atoms with E-state index in [0.717, 1.165) is 5.56 Å². The van der Waals surface area contributed by atoms with Crippen LogP contribution in [0.15, 0.2) is 60.7 Å². The van der Waals surface area contributed by atoms with Gasteiger partial charge in [0.15, 0.2) is 0 Å². The summed E-state index contributed by atoms with van der Waals surface area (Å²) in [7, 11) is -1.73. The third-order valence-electron chi connectivity index (χ3n) is 5.16. The first-order chi connectivity index (χ1) is 10.5. The molecule has 0 aliphatic carbocycles. The van der Waals surface area contributed by atoms with Crippen molar-refractivity contribution < 1.29 is 9.53 Å². The first kappa shape index (κ1) is 15.0. The van der Waals surface area contributed by atoms with Crippen molar-refractivity contribution >= 4 is 19.2 Å². The van der Waals surface area contributed by atoms with Gasteiger partial charge in [-0.15, -0.1) is 0 Å². The summed E-state index contributed by atoms with van der Waals surface area (Å²) in [6, 6.07) is 20.7. The molecular formula is C19H22O2Si. The van der Waals surface area contributed by atoms with Gasteiger partial charge in [-0.05, 0) is 11.1 Å². The molecule has 114 valence electrons. The van der Waals surface area contributed by atoms with E-state index in [1.165, 1.54) is 5.19 Å². The first-order valence-corrected chi connectivity index (χ1v) is 10.9. The molecule has 0 aromatic heterocycles. The molecule has 0 amide bonds. The Labute approximate surface area is 133 Å². The lowest BCUT2D eigenvalue weighted by molar-refractivity contribution is -0.186. The molecule has 3 heteroatoms. The Kier molecular flexibility index (Phi) is 3.91. The fraction of sp³-hybridized carbons (Fsp3) is 0.316. The third-order valence-corrected chi connectivity index (χ3v) is 9.62. The summed E-state index contributed by atoms with van der Waals surface area (Å²) in [6.45, 7) is 6.92. The number of carbonyl (C=O) groups is 1. The van der Waals surface area contributed by atoms with E-state index in [2.05, 4.69) is 44.3 Å². The van der Waals surface area contributed by atoms with E-state index in [9.17, 15) is 4.79 Å². The summed E-state index contributed by atoms with van der Waals surface area (Å²) in [4.78, 5) is 12.1. The molecular weight excluding hydrogens is 288 g/mol. The van der Waals surface area contributed by atoms with Gasteiger partial charge in [-0.3, -0.25) is 4.79 Å². The Hall–Kier alpha value is -1.87. The number of rotatable bonds is 4. The standard InChI is InChI=1S/C19H22O2Si/c1-14(22(2,3)16-12-8-5-9-13-16)17-18(21-19(17)20)15-10-6-4-7-11-15/h4-14,17-18H,1-3H3/t14-,17+,18-/m1/s1. The van der Waals surface area contributed by atoms with Gasteiger partial charge in [0, 0.05) is 0 Å². The highest BCUT2D eigenvalue weighted by Crippen LogP contribution is 2.47. The second kappa shape index (κ2) is 5.73. The van der Waals surface area contributed by atoms with E-state index in [0.29, 0.717) is 5.54 Å². The van der Waals surface area contributed by atoms with Gasteiger partial charge in [-0.2, -0.15) is 0 Å². The summed E-state index contributed by atoms with van der Waals surface area (Å²) < 4.78 is 5.47. The van der Waals surface area contributed by atoms with Gasteiger partial charge >= 0.3 is 5.97 Å². The fourth-order valence-corrected chi connectivity index (χ4v) is 6.08. The van der Waals surface area contributed by atoms with E-state index in [1.807, 2.05) is 36.4 Å². The summed E-state index contributed by atoms with van der Waals surface area (Å²) in [5, 5.41) is 1.40. The van der Waals surface area contributed by atoms with Crippen LogP contribution >= 0.6 is 0 Å². The highest BCUT2D eigenvalue weighted by molar-refractivity contribution is 6.91. The van der Waals surface area contributed by atoms with E-state index >= 15 is 0 Å². The molecule has 1 aliphatic heterocycles. The monoisotopic (exact) mass is 310 g/mol. The second-order valence-electron chi connectivity index (χ2n) is 6.67. The minimum absolute atomic E-state index is 0.0238. The average Bonchev–Trinajstić information content (AvgIpc) is 2.54.